The lowest BCUT2D eigenvalue weighted by molar-refractivity contribution is -0.870. The quantitative estimate of drug-likeness (QED) is 0.0211. The summed E-state index contributed by atoms with van der Waals surface area (Å²) >= 11 is 0. The summed E-state index contributed by atoms with van der Waals surface area (Å²) in [4.78, 5) is 37.4. The molecule has 0 saturated carbocycles. The maximum absolute atomic E-state index is 12.9. The number of carboxylic acid groups (broad SMARTS) is 1. The highest BCUT2D eigenvalue weighted by Gasteiger charge is 2.25. The number of likely N-dealkylation sites (N-methyl/N-ethyl adjacent to an activating group) is 1. The van der Waals surface area contributed by atoms with Gasteiger partial charge in [0.25, 0.3) is 6.29 Å². The lowest BCUT2D eigenvalue weighted by Gasteiger charge is -2.25. The van der Waals surface area contributed by atoms with Crippen LogP contribution in [0.15, 0.2) is 146 Å². The van der Waals surface area contributed by atoms with Gasteiger partial charge in [0, 0.05) is 12.8 Å². The van der Waals surface area contributed by atoms with Crippen molar-refractivity contribution in [2.45, 2.75) is 206 Å². The van der Waals surface area contributed by atoms with Crippen molar-refractivity contribution in [1.29, 1.82) is 0 Å². The largest absolute Gasteiger partial charge is 0.477 e. The second-order valence-electron chi connectivity index (χ2n) is 19.8. The van der Waals surface area contributed by atoms with Gasteiger partial charge in [0.05, 0.1) is 34.4 Å². The topological polar surface area (TPSA) is 108 Å². The molecule has 0 radical (unpaired) electrons. The molecule has 1 N–H and O–H groups in total. The molecule has 2 atom stereocenters. The third kappa shape index (κ3) is 56.7. The first kappa shape index (κ1) is 70.2. The van der Waals surface area contributed by atoms with E-state index in [0.717, 1.165) is 122 Å². The van der Waals surface area contributed by atoms with Crippen LogP contribution in [-0.2, 0) is 33.3 Å². The monoisotopic (exact) mass is 1040 g/mol. The minimum Gasteiger partial charge on any atom is -0.477 e. The van der Waals surface area contributed by atoms with Crippen molar-refractivity contribution in [2.24, 2.45) is 0 Å². The molecule has 0 aromatic heterocycles. The molecule has 0 aromatic carbocycles. The van der Waals surface area contributed by atoms with E-state index in [-0.39, 0.29) is 38.6 Å². The standard InChI is InChI=1S/C66H105NO8/c1-6-8-10-12-14-16-18-20-22-24-26-28-30-31-32-33-35-37-39-41-43-45-47-49-51-53-55-57-64(69)75-62(61-74-66(65(70)71)72-59-58-67(3,4)5)60-73-63(68)56-54-52-50-48-46-44-42-40-38-36-34-29-27-25-23-21-19-17-15-13-11-9-7-2/h8-11,14-17,20-23,26-29,31-32,35,37,41,43,47,49,62,66H,6-7,12-13,18-19,24-25,30,33-34,36,38-40,42,44-46,48,50-61H2,1-5H3/p+1/b10-8-,11-9-,16-14-,17-15-,22-20-,23-21-,28-26-,29-27-,32-31-,37-35-,43-41-,49-47-. The highest BCUT2D eigenvalue weighted by atomic mass is 16.7. The molecule has 0 spiro atoms. The SMILES string of the molecule is CC/C=C\C/C=C\C/C=C\C/C=C\C/C=C\C/C=C\C/C=C\C/C=C\CCCCC(=O)OC(COC(=O)CCCCCCCCCCCC/C=C\C/C=C\C/C=C\C/C=C\CC)COC(OCC[N+](C)(C)C)C(=O)O. The van der Waals surface area contributed by atoms with E-state index in [0.29, 0.717) is 17.4 Å². The highest BCUT2D eigenvalue weighted by molar-refractivity contribution is 5.71. The number of ether oxygens (including phenoxy) is 4. The van der Waals surface area contributed by atoms with E-state index in [4.69, 9.17) is 18.9 Å². The number of carbonyl (C=O) groups excluding carboxylic acids is 2. The molecular weight excluding hydrogens is 935 g/mol. The van der Waals surface area contributed by atoms with E-state index < -0.39 is 24.3 Å². The van der Waals surface area contributed by atoms with Crippen LogP contribution in [0.2, 0.25) is 0 Å². The Bertz CT molecular complexity index is 1730. The number of hydrogen-bond donors (Lipinski definition) is 1. The second-order valence-corrected chi connectivity index (χ2v) is 19.8. The average molecular weight is 1040 g/mol. The van der Waals surface area contributed by atoms with Gasteiger partial charge in [0.15, 0.2) is 6.10 Å². The first-order chi connectivity index (χ1) is 36.6. The van der Waals surface area contributed by atoms with Crippen LogP contribution in [0.25, 0.3) is 0 Å². The van der Waals surface area contributed by atoms with Crippen LogP contribution in [0, 0.1) is 0 Å². The highest BCUT2D eigenvalue weighted by Crippen LogP contribution is 2.14. The maximum Gasteiger partial charge on any atom is 0.361 e. The molecule has 0 aliphatic rings. The molecule has 0 aromatic rings. The van der Waals surface area contributed by atoms with Gasteiger partial charge in [-0.05, 0) is 116 Å². The summed E-state index contributed by atoms with van der Waals surface area (Å²) in [7, 11) is 5.94. The molecule has 0 amide bonds. The number of carboxylic acids is 1. The molecule has 0 aliphatic carbocycles. The van der Waals surface area contributed by atoms with Gasteiger partial charge < -0.3 is 28.5 Å². The van der Waals surface area contributed by atoms with E-state index in [9.17, 15) is 19.5 Å². The number of aliphatic carboxylic acids is 1. The molecule has 0 aliphatic heterocycles. The van der Waals surface area contributed by atoms with Crippen molar-refractivity contribution < 1.29 is 42.9 Å². The lowest BCUT2D eigenvalue weighted by atomic mass is 10.1. The molecule has 0 heterocycles. The summed E-state index contributed by atoms with van der Waals surface area (Å²) in [5, 5.41) is 9.70. The summed E-state index contributed by atoms with van der Waals surface area (Å²) < 4.78 is 22.8. The molecule has 0 rings (SSSR count). The van der Waals surface area contributed by atoms with Crippen LogP contribution in [0.4, 0.5) is 0 Å². The van der Waals surface area contributed by atoms with E-state index >= 15 is 0 Å². The minimum atomic E-state index is -1.53. The van der Waals surface area contributed by atoms with E-state index in [1.807, 2.05) is 21.1 Å². The lowest BCUT2D eigenvalue weighted by Crippen LogP contribution is -2.40. The third-order valence-corrected chi connectivity index (χ3v) is 11.6. The van der Waals surface area contributed by atoms with Crippen LogP contribution in [0.3, 0.4) is 0 Å². The van der Waals surface area contributed by atoms with E-state index in [1.165, 1.54) is 38.5 Å². The second kappa shape index (κ2) is 55.4. The fraction of sp³-hybridized carbons (Fsp3) is 0.591. The first-order valence-electron chi connectivity index (χ1n) is 29.0. The first-order valence-corrected chi connectivity index (χ1v) is 29.0. The van der Waals surface area contributed by atoms with Crippen molar-refractivity contribution >= 4 is 17.9 Å². The number of esters is 2. The summed E-state index contributed by atoms with van der Waals surface area (Å²) in [6, 6.07) is 0. The Labute approximate surface area is 458 Å². The Hall–Kier alpha value is -4.83. The number of quaternary nitrogens is 1. The van der Waals surface area contributed by atoms with E-state index in [2.05, 4.69) is 160 Å². The molecule has 0 fully saturated rings. The van der Waals surface area contributed by atoms with Crippen LogP contribution in [-0.4, -0.2) is 87.4 Å². The molecule has 0 saturated heterocycles. The van der Waals surface area contributed by atoms with Crippen LogP contribution < -0.4 is 0 Å². The predicted molar refractivity (Wildman–Crippen MR) is 317 cm³/mol. The van der Waals surface area contributed by atoms with Crippen LogP contribution in [0.1, 0.15) is 194 Å². The Morgan fingerprint density at radius 3 is 1.09 bits per heavy atom. The fourth-order valence-electron chi connectivity index (χ4n) is 7.19. The molecular formula is C66H106NO8+. The number of nitrogens with zero attached hydrogens (tertiary/aromatic N) is 1. The summed E-state index contributed by atoms with van der Waals surface area (Å²) in [6.45, 7) is 4.57. The fourth-order valence-corrected chi connectivity index (χ4v) is 7.19. The average Bonchev–Trinajstić information content (AvgIpc) is 3.38. The van der Waals surface area contributed by atoms with Crippen molar-refractivity contribution in [2.75, 3.05) is 47.5 Å². The van der Waals surface area contributed by atoms with Gasteiger partial charge in [-0.1, -0.05) is 211 Å². The zero-order valence-corrected chi connectivity index (χ0v) is 47.9. The van der Waals surface area contributed by atoms with Gasteiger partial charge in [-0.25, -0.2) is 4.79 Å². The van der Waals surface area contributed by atoms with Crippen LogP contribution >= 0.6 is 0 Å². The van der Waals surface area contributed by atoms with Gasteiger partial charge in [-0.15, -0.1) is 0 Å². The van der Waals surface area contributed by atoms with Gasteiger partial charge >= 0.3 is 17.9 Å². The van der Waals surface area contributed by atoms with Crippen molar-refractivity contribution in [1.82, 2.24) is 0 Å². The van der Waals surface area contributed by atoms with E-state index in [1.54, 1.807) is 0 Å². The molecule has 422 valence electrons. The summed E-state index contributed by atoms with van der Waals surface area (Å²) in [5.74, 6) is -2.09. The number of carbonyl (C=O) groups is 3. The molecule has 9 heteroatoms. The molecule has 0 bridgehead atoms. The molecule has 9 nitrogen and oxygen atoms in total. The Morgan fingerprint density at radius 1 is 0.400 bits per heavy atom. The number of allylic oxidation sites excluding steroid dienone is 24. The number of rotatable bonds is 51. The van der Waals surface area contributed by atoms with Gasteiger partial charge in [-0.3, -0.25) is 9.59 Å². The summed E-state index contributed by atoms with van der Waals surface area (Å²) in [6.07, 6.45) is 77.8. The van der Waals surface area contributed by atoms with Gasteiger partial charge in [0.1, 0.15) is 13.2 Å². The van der Waals surface area contributed by atoms with Crippen molar-refractivity contribution in [3.05, 3.63) is 146 Å². The Balaban J connectivity index is 4.40. The minimum absolute atomic E-state index is 0.169. The number of unbranched alkanes of at least 4 members (excludes halogenated alkanes) is 12. The Morgan fingerprint density at radius 2 is 0.720 bits per heavy atom. The van der Waals surface area contributed by atoms with Gasteiger partial charge in [0.2, 0.25) is 0 Å². The molecule has 75 heavy (non-hydrogen) atoms. The maximum atomic E-state index is 12.9. The normalized spacial score (nSPS) is 13.9. The third-order valence-electron chi connectivity index (χ3n) is 11.6. The summed E-state index contributed by atoms with van der Waals surface area (Å²) in [5.41, 5.74) is 0. The van der Waals surface area contributed by atoms with Gasteiger partial charge in [-0.2, -0.15) is 0 Å². The van der Waals surface area contributed by atoms with Crippen LogP contribution in [0.5, 0.6) is 0 Å². The number of hydrogen-bond acceptors (Lipinski definition) is 7. The predicted octanol–water partition coefficient (Wildman–Crippen LogP) is 17.2. The zero-order valence-electron chi connectivity index (χ0n) is 47.9. The smallest absolute Gasteiger partial charge is 0.361 e. The van der Waals surface area contributed by atoms with Crippen molar-refractivity contribution in [3.63, 3.8) is 0 Å². The zero-order chi connectivity index (χ0) is 54.8. The van der Waals surface area contributed by atoms with Crippen molar-refractivity contribution in [3.8, 4) is 0 Å². The Kier molecular flexibility index (Phi) is 51.8. The molecule has 2 unspecified atom stereocenters.